The minimum Gasteiger partial charge on any atom is -0.467 e. The standard InChI is InChI=1S/C11H16O4/c1-9-4-5-10(14-7-12-2)6-11(9)15-8-13-3/h4-6H,7-8H2,1-3H3. The minimum atomic E-state index is 0.229. The normalized spacial score (nSPS) is 10.1. The Labute approximate surface area is 89.7 Å². The molecule has 0 aliphatic carbocycles. The molecule has 1 aromatic rings. The number of hydrogen-bond donors (Lipinski definition) is 0. The fourth-order valence-electron chi connectivity index (χ4n) is 1.08. The van der Waals surface area contributed by atoms with Crippen molar-refractivity contribution in [2.75, 3.05) is 27.8 Å². The van der Waals surface area contributed by atoms with Gasteiger partial charge in [0.15, 0.2) is 13.6 Å². The van der Waals surface area contributed by atoms with Gasteiger partial charge in [-0.05, 0) is 18.6 Å². The molecule has 4 nitrogen and oxygen atoms in total. The van der Waals surface area contributed by atoms with Crippen molar-refractivity contribution in [3.63, 3.8) is 0 Å². The van der Waals surface area contributed by atoms with Gasteiger partial charge >= 0.3 is 0 Å². The van der Waals surface area contributed by atoms with Gasteiger partial charge in [0.1, 0.15) is 11.5 Å². The Morgan fingerprint density at radius 1 is 1.00 bits per heavy atom. The lowest BCUT2D eigenvalue weighted by Gasteiger charge is -2.10. The zero-order valence-electron chi connectivity index (χ0n) is 9.28. The molecule has 0 aromatic heterocycles. The van der Waals surface area contributed by atoms with E-state index >= 15 is 0 Å². The van der Waals surface area contributed by atoms with Crippen molar-refractivity contribution in [3.8, 4) is 11.5 Å². The molecule has 1 aromatic carbocycles. The maximum atomic E-state index is 5.36. The van der Waals surface area contributed by atoms with E-state index in [-0.39, 0.29) is 13.6 Å². The zero-order chi connectivity index (χ0) is 11.1. The van der Waals surface area contributed by atoms with Crippen molar-refractivity contribution in [2.45, 2.75) is 6.92 Å². The lowest BCUT2D eigenvalue weighted by atomic mass is 10.2. The maximum Gasteiger partial charge on any atom is 0.188 e. The molecule has 0 N–H and O–H groups in total. The average molecular weight is 212 g/mol. The van der Waals surface area contributed by atoms with E-state index in [4.69, 9.17) is 18.9 Å². The Balaban J connectivity index is 2.66. The molecule has 0 atom stereocenters. The molecule has 0 aliphatic heterocycles. The van der Waals surface area contributed by atoms with Crippen LogP contribution in [-0.2, 0) is 9.47 Å². The molecule has 0 spiro atoms. The Morgan fingerprint density at radius 2 is 1.67 bits per heavy atom. The van der Waals surface area contributed by atoms with Crippen LogP contribution in [0.1, 0.15) is 5.56 Å². The molecule has 84 valence electrons. The monoisotopic (exact) mass is 212 g/mol. The molecular weight excluding hydrogens is 196 g/mol. The first kappa shape index (κ1) is 11.8. The molecule has 0 saturated heterocycles. The van der Waals surface area contributed by atoms with Crippen molar-refractivity contribution >= 4 is 0 Å². The molecule has 0 heterocycles. The second kappa shape index (κ2) is 6.27. The third-order valence-electron chi connectivity index (χ3n) is 1.84. The van der Waals surface area contributed by atoms with Crippen LogP contribution in [0.3, 0.4) is 0 Å². The first-order valence-corrected chi connectivity index (χ1v) is 4.62. The Morgan fingerprint density at radius 3 is 2.33 bits per heavy atom. The molecule has 0 fully saturated rings. The highest BCUT2D eigenvalue weighted by Gasteiger charge is 2.02. The summed E-state index contributed by atoms with van der Waals surface area (Å²) >= 11 is 0. The molecule has 15 heavy (non-hydrogen) atoms. The van der Waals surface area contributed by atoms with Gasteiger partial charge in [-0.15, -0.1) is 0 Å². The van der Waals surface area contributed by atoms with Gasteiger partial charge in [0.2, 0.25) is 0 Å². The summed E-state index contributed by atoms with van der Waals surface area (Å²) in [6.07, 6.45) is 0. The van der Waals surface area contributed by atoms with Crippen LogP contribution in [0.15, 0.2) is 18.2 Å². The number of hydrogen-bond acceptors (Lipinski definition) is 4. The third-order valence-corrected chi connectivity index (χ3v) is 1.84. The van der Waals surface area contributed by atoms with Crippen LogP contribution in [0, 0.1) is 6.92 Å². The highest BCUT2D eigenvalue weighted by molar-refractivity contribution is 5.39. The molecule has 0 amide bonds. The van der Waals surface area contributed by atoms with Crippen LogP contribution in [0.4, 0.5) is 0 Å². The van der Waals surface area contributed by atoms with Gasteiger partial charge in [0.05, 0.1) is 0 Å². The fourth-order valence-corrected chi connectivity index (χ4v) is 1.08. The van der Waals surface area contributed by atoms with Crippen molar-refractivity contribution in [1.82, 2.24) is 0 Å². The summed E-state index contributed by atoms with van der Waals surface area (Å²) < 4.78 is 20.3. The summed E-state index contributed by atoms with van der Waals surface area (Å²) in [7, 11) is 3.16. The van der Waals surface area contributed by atoms with E-state index in [0.29, 0.717) is 5.75 Å². The van der Waals surface area contributed by atoms with Gasteiger partial charge in [0.25, 0.3) is 0 Å². The summed E-state index contributed by atoms with van der Waals surface area (Å²) in [5, 5.41) is 0. The lowest BCUT2D eigenvalue weighted by Crippen LogP contribution is -2.02. The van der Waals surface area contributed by atoms with E-state index in [1.165, 1.54) is 0 Å². The molecule has 4 heteroatoms. The quantitative estimate of drug-likeness (QED) is 0.675. The van der Waals surface area contributed by atoms with E-state index in [1.807, 2.05) is 25.1 Å². The topological polar surface area (TPSA) is 36.9 Å². The first-order chi connectivity index (χ1) is 7.27. The van der Waals surface area contributed by atoms with Gasteiger partial charge in [-0.3, -0.25) is 0 Å². The van der Waals surface area contributed by atoms with Crippen LogP contribution in [0.25, 0.3) is 0 Å². The Hall–Kier alpha value is -1.26. The van der Waals surface area contributed by atoms with Crippen LogP contribution in [-0.4, -0.2) is 27.8 Å². The first-order valence-electron chi connectivity index (χ1n) is 4.62. The van der Waals surface area contributed by atoms with E-state index in [9.17, 15) is 0 Å². The van der Waals surface area contributed by atoms with Crippen molar-refractivity contribution < 1.29 is 18.9 Å². The number of methoxy groups -OCH3 is 2. The minimum absolute atomic E-state index is 0.229. The molecule has 0 unspecified atom stereocenters. The maximum absolute atomic E-state index is 5.36. The van der Waals surface area contributed by atoms with Gasteiger partial charge in [-0.2, -0.15) is 0 Å². The Kier molecular flexibility index (Phi) is 4.93. The van der Waals surface area contributed by atoms with Crippen molar-refractivity contribution in [2.24, 2.45) is 0 Å². The Bertz CT molecular complexity index is 299. The van der Waals surface area contributed by atoms with Gasteiger partial charge < -0.3 is 18.9 Å². The predicted octanol–water partition coefficient (Wildman–Crippen LogP) is 1.96. The fraction of sp³-hybridized carbons (Fsp3) is 0.455. The van der Waals surface area contributed by atoms with Gasteiger partial charge in [-0.1, -0.05) is 6.07 Å². The number of rotatable bonds is 6. The highest BCUT2D eigenvalue weighted by atomic mass is 16.7. The number of aryl methyl sites for hydroxylation is 1. The van der Waals surface area contributed by atoms with E-state index in [0.717, 1.165) is 11.3 Å². The van der Waals surface area contributed by atoms with Crippen LogP contribution >= 0.6 is 0 Å². The molecule has 1 rings (SSSR count). The lowest BCUT2D eigenvalue weighted by molar-refractivity contribution is 0.0457. The van der Waals surface area contributed by atoms with Gasteiger partial charge in [0, 0.05) is 20.3 Å². The van der Waals surface area contributed by atoms with E-state index in [2.05, 4.69) is 0 Å². The molecular formula is C11H16O4. The largest absolute Gasteiger partial charge is 0.467 e. The van der Waals surface area contributed by atoms with Crippen LogP contribution in [0.5, 0.6) is 11.5 Å². The average Bonchev–Trinajstić information content (AvgIpc) is 2.26. The van der Waals surface area contributed by atoms with Gasteiger partial charge in [-0.25, -0.2) is 0 Å². The van der Waals surface area contributed by atoms with E-state index in [1.54, 1.807) is 14.2 Å². The van der Waals surface area contributed by atoms with Crippen LogP contribution in [0.2, 0.25) is 0 Å². The summed E-state index contributed by atoms with van der Waals surface area (Å²) in [4.78, 5) is 0. The van der Waals surface area contributed by atoms with Crippen molar-refractivity contribution in [3.05, 3.63) is 23.8 Å². The summed E-state index contributed by atoms with van der Waals surface area (Å²) in [5.41, 5.74) is 1.04. The zero-order valence-corrected chi connectivity index (χ0v) is 9.28. The molecule has 0 aliphatic rings. The number of benzene rings is 1. The highest BCUT2D eigenvalue weighted by Crippen LogP contribution is 2.24. The molecule has 0 saturated carbocycles. The van der Waals surface area contributed by atoms with Crippen molar-refractivity contribution in [1.29, 1.82) is 0 Å². The molecule has 0 radical (unpaired) electrons. The number of ether oxygens (including phenoxy) is 4. The SMILES string of the molecule is COCOc1ccc(C)c(OCOC)c1. The smallest absolute Gasteiger partial charge is 0.188 e. The summed E-state index contributed by atoms with van der Waals surface area (Å²) in [6, 6.07) is 5.61. The van der Waals surface area contributed by atoms with E-state index < -0.39 is 0 Å². The second-order valence-electron chi connectivity index (χ2n) is 3.03. The summed E-state index contributed by atoms with van der Waals surface area (Å²) in [6.45, 7) is 2.42. The molecule has 0 bridgehead atoms. The predicted molar refractivity (Wildman–Crippen MR) is 56.2 cm³/mol. The second-order valence-corrected chi connectivity index (χ2v) is 3.03. The third kappa shape index (κ3) is 3.77. The summed E-state index contributed by atoms with van der Waals surface area (Å²) in [5.74, 6) is 1.47. The van der Waals surface area contributed by atoms with Crippen LogP contribution < -0.4 is 9.47 Å².